The fourth-order valence-corrected chi connectivity index (χ4v) is 2.01. The number of halogens is 1. The van der Waals surface area contributed by atoms with Gasteiger partial charge in [0, 0.05) is 10.0 Å². The van der Waals surface area contributed by atoms with Crippen molar-refractivity contribution in [3.8, 4) is 11.4 Å². The van der Waals surface area contributed by atoms with Crippen LogP contribution in [0.2, 0.25) is 0 Å². The number of nitrogens with zero attached hydrogens (tertiary/aromatic N) is 2. The lowest BCUT2D eigenvalue weighted by molar-refractivity contribution is 0.281. The van der Waals surface area contributed by atoms with Gasteiger partial charge in [-0.05, 0) is 58.0 Å². The Kier molecular flexibility index (Phi) is 3.78. The molecule has 0 saturated heterocycles. The van der Waals surface area contributed by atoms with Crippen LogP contribution < -0.4 is 5.32 Å². The molecule has 2 aromatic rings. The van der Waals surface area contributed by atoms with Crippen LogP contribution in [0.15, 0.2) is 21.1 Å². The van der Waals surface area contributed by atoms with Gasteiger partial charge in [0.1, 0.15) is 0 Å². The number of nitrogens with one attached hydrogen (secondary N) is 1. The predicted molar refractivity (Wildman–Crippen MR) is 79.0 cm³/mol. The summed E-state index contributed by atoms with van der Waals surface area (Å²) in [4.78, 5) is 4.48. The Labute approximate surface area is 121 Å². The predicted octanol–water partition coefficient (Wildman–Crippen LogP) is 3.57. The summed E-state index contributed by atoms with van der Waals surface area (Å²) in [5.74, 6) is 1.21. The number of rotatable bonds is 3. The normalized spacial score (nSPS) is 11.9. The standard InChI is InChI=1S/C14H18BrN3O/c1-8-6-10(7-9(2)11(8)15)12-17-13(19-18-12)14(3,4)16-5/h6-7,16H,1-5H3. The highest BCUT2D eigenvalue weighted by atomic mass is 79.9. The van der Waals surface area contributed by atoms with Crippen LogP contribution in [0, 0.1) is 13.8 Å². The molecule has 0 bridgehead atoms. The first-order valence-corrected chi connectivity index (χ1v) is 6.94. The fraction of sp³-hybridized carbons (Fsp3) is 0.429. The third kappa shape index (κ3) is 2.72. The highest BCUT2D eigenvalue weighted by Gasteiger charge is 2.25. The maximum Gasteiger partial charge on any atom is 0.246 e. The van der Waals surface area contributed by atoms with Gasteiger partial charge in [-0.15, -0.1) is 0 Å². The average molecular weight is 324 g/mol. The molecule has 5 heteroatoms. The lowest BCUT2D eigenvalue weighted by atomic mass is 10.1. The minimum absolute atomic E-state index is 0.329. The minimum atomic E-state index is -0.329. The van der Waals surface area contributed by atoms with Crippen LogP contribution in [0.1, 0.15) is 30.9 Å². The summed E-state index contributed by atoms with van der Waals surface area (Å²) in [6.45, 7) is 8.11. The largest absolute Gasteiger partial charge is 0.337 e. The van der Waals surface area contributed by atoms with Gasteiger partial charge in [-0.2, -0.15) is 4.98 Å². The van der Waals surface area contributed by atoms with Crippen molar-refractivity contribution in [3.63, 3.8) is 0 Å². The molecular weight excluding hydrogens is 306 g/mol. The number of hydrogen-bond acceptors (Lipinski definition) is 4. The molecule has 1 heterocycles. The molecule has 2 rings (SSSR count). The second-order valence-corrected chi connectivity index (χ2v) is 6.02. The monoisotopic (exact) mass is 323 g/mol. The Bertz CT molecular complexity index is 581. The fourth-order valence-electron chi connectivity index (χ4n) is 1.78. The summed E-state index contributed by atoms with van der Waals surface area (Å²) in [6.07, 6.45) is 0. The van der Waals surface area contributed by atoms with Crippen molar-refractivity contribution in [2.45, 2.75) is 33.2 Å². The molecule has 19 heavy (non-hydrogen) atoms. The first-order valence-electron chi connectivity index (χ1n) is 6.15. The molecule has 0 aliphatic rings. The molecule has 0 aliphatic heterocycles. The minimum Gasteiger partial charge on any atom is -0.337 e. The topological polar surface area (TPSA) is 51.0 Å². The summed E-state index contributed by atoms with van der Waals surface area (Å²) in [5, 5.41) is 7.22. The third-order valence-electron chi connectivity index (χ3n) is 3.28. The molecule has 4 nitrogen and oxygen atoms in total. The van der Waals surface area contributed by atoms with Crippen molar-refractivity contribution in [3.05, 3.63) is 33.6 Å². The smallest absolute Gasteiger partial charge is 0.246 e. The van der Waals surface area contributed by atoms with Gasteiger partial charge in [-0.1, -0.05) is 21.1 Å². The molecule has 0 saturated carbocycles. The van der Waals surface area contributed by atoms with Crippen molar-refractivity contribution in [2.24, 2.45) is 0 Å². The Balaban J connectivity index is 2.44. The first kappa shape index (κ1) is 14.2. The molecule has 0 amide bonds. The Hall–Kier alpha value is -1.20. The van der Waals surface area contributed by atoms with Gasteiger partial charge in [0.05, 0.1) is 5.54 Å². The second kappa shape index (κ2) is 5.06. The van der Waals surface area contributed by atoms with E-state index in [1.54, 1.807) is 0 Å². The third-order valence-corrected chi connectivity index (χ3v) is 4.53. The van der Waals surface area contributed by atoms with Gasteiger partial charge in [-0.3, -0.25) is 0 Å². The van der Waals surface area contributed by atoms with Gasteiger partial charge in [-0.25, -0.2) is 0 Å². The summed E-state index contributed by atoms with van der Waals surface area (Å²) in [5.41, 5.74) is 2.97. The Morgan fingerprint density at radius 2 is 1.79 bits per heavy atom. The molecule has 0 radical (unpaired) electrons. The zero-order valence-electron chi connectivity index (χ0n) is 11.8. The summed E-state index contributed by atoms with van der Waals surface area (Å²) in [6, 6.07) is 4.11. The molecule has 1 aromatic heterocycles. The summed E-state index contributed by atoms with van der Waals surface area (Å²) in [7, 11) is 1.87. The lowest BCUT2D eigenvalue weighted by Gasteiger charge is -2.17. The molecule has 0 spiro atoms. The zero-order chi connectivity index (χ0) is 14.2. The molecule has 0 fully saturated rings. The van der Waals surface area contributed by atoms with Crippen LogP contribution in [0.25, 0.3) is 11.4 Å². The quantitative estimate of drug-likeness (QED) is 0.938. The molecule has 102 valence electrons. The van der Waals surface area contributed by atoms with E-state index in [2.05, 4.69) is 57.4 Å². The van der Waals surface area contributed by atoms with E-state index in [1.165, 1.54) is 0 Å². The van der Waals surface area contributed by atoms with Crippen molar-refractivity contribution in [1.82, 2.24) is 15.5 Å². The van der Waals surface area contributed by atoms with E-state index < -0.39 is 0 Å². The van der Waals surface area contributed by atoms with Crippen LogP contribution in [0.4, 0.5) is 0 Å². The molecular formula is C14H18BrN3O. The van der Waals surface area contributed by atoms with Crippen molar-refractivity contribution >= 4 is 15.9 Å². The molecule has 0 atom stereocenters. The van der Waals surface area contributed by atoms with Crippen molar-refractivity contribution in [1.29, 1.82) is 0 Å². The van der Waals surface area contributed by atoms with Crippen LogP contribution in [0.5, 0.6) is 0 Å². The number of aromatic nitrogens is 2. The first-order chi connectivity index (χ1) is 8.85. The van der Waals surface area contributed by atoms with E-state index in [-0.39, 0.29) is 5.54 Å². The van der Waals surface area contributed by atoms with E-state index in [0.717, 1.165) is 21.2 Å². The van der Waals surface area contributed by atoms with Crippen LogP contribution in [-0.4, -0.2) is 17.2 Å². The Morgan fingerprint density at radius 3 is 2.32 bits per heavy atom. The lowest BCUT2D eigenvalue weighted by Crippen LogP contribution is -2.33. The van der Waals surface area contributed by atoms with Gasteiger partial charge in [0.25, 0.3) is 0 Å². The van der Waals surface area contributed by atoms with Crippen LogP contribution >= 0.6 is 15.9 Å². The van der Waals surface area contributed by atoms with E-state index >= 15 is 0 Å². The van der Waals surface area contributed by atoms with Crippen molar-refractivity contribution < 1.29 is 4.52 Å². The van der Waals surface area contributed by atoms with Crippen LogP contribution in [-0.2, 0) is 5.54 Å². The number of hydrogen-bond donors (Lipinski definition) is 1. The van der Waals surface area contributed by atoms with E-state index in [4.69, 9.17) is 4.52 Å². The highest BCUT2D eigenvalue weighted by molar-refractivity contribution is 9.10. The van der Waals surface area contributed by atoms with Gasteiger partial charge in [0.15, 0.2) is 0 Å². The maximum absolute atomic E-state index is 5.35. The SMILES string of the molecule is CNC(C)(C)c1nc(-c2cc(C)c(Br)c(C)c2)no1. The number of aryl methyl sites for hydroxylation is 2. The van der Waals surface area contributed by atoms with E-state index in [1.807, 2.05) is 20.9 Å². The van der Waals surface area contributed by atoms with E-state index in [9.17, 15) is 0 Å². The molecule has 1 N–H and O–H groups in total. The summed E-state index contributed by atoms with van der Waals surface area (Å²) >= 11 is 3.56. The van der Waals surface area contributed by atoms with E-state index in [0.29, 0.717) is 11.7 Å². The average Bonchev–Trinajstić information content (AvgIpc) is 2.85. The molecule has 0 aliphatic carbocycles. The van der Waals surface area contributed by atoms with Crippen molar-refractivity contribution in [2.75, 3.05) is 7.05 Å². The van der Waals surface area contributed by atoms with Crippen LogP contribution in [0.3, 0.4) is 0 Å². The van der Waals surface area contributed by atoms with Gasteiger partial charge in [0.2, 0.25) is 11.7 Å². The molecule has 1 aromatic carbocycles. The van der Waals surface area contributed by atoms with Gasteiger partial charge >= 0.3 is 0 Å². The maximum atomic E-state index is 5.35. The highest BCUT2D eigenvalue weighted by Crippen LogP contribution is 2.28. The molecule has 0 unspecified atom stereocenters. The second-order valence-electron chi connectivity index (χ2n) is 5.22. The summed E-state index contributed by atoms with van der Waals surface area (Å²) < 4.78 is 6.47. The number of benzene rings is 1. The van der Waals surface area contributed by atoms with Gasteiger partial charge < -0.3 is 9.84 Å². The zero-order valence-corrected chi connectivity index (χ0v) is 13.4. The Morgan fingerprint density at radius 1 is 1.21 bits per heavy atom.